The quantitative estimate of drug-likeness (QED) is 0.259. The van der Waals surface area contributed by atoms with Crippen molar-refractivity contribution in [2.24, 2.45) is 0 Å². The van der Waals surface area contributed by atoms with Crippen molar-refractivity contribution in [2.75, 3.05) is 30.4 Å². The summed E-state index contributed by atoms with van der Waals surface area (Å²) >= 11 is 0. The van der Waals surface area contributed by atoms with Crippen LogP contribution in [0.1, 0.15) is 71.6 Å². The fraction of sp³-hybridized carbons (Fsp3) is 0.519. The zero-order valence-corrected chi connectivity index (χ0v) is 19.8. The smallest absolute Gasteiger partial charge is 0.243 e. The summed E-state index contributed by atoms with van der Waals surface area (Å²) in [6.07, 6.45) is 10.9. The highest BCUT2D eigenvalue weighted by atomic mass is 16.5. The normalized spacial score (nSPS) is 10.6. The molecule has 0 aliphatic carbocycles. The summed E-state index contributed by atoms with van der Waals surface area (Å²) in [4.78, 5) is 12.2. The lowest BCUT2D eigenvalue weighted by atomic mass is 10.2. The average molecular weight is 441 g/mol. The van der Waals surface area contributed by atoms with Crippen LogP contribution in [0.4, 0.5) is 11.4 Å². The molecule has 5 heteroatoms. The van der Waals surface area contributed by atoms with Gasteiger partial charge in [-0.3, -0.25) is 4.79 Å². The number of anilines is 2. The molecular weight excluding hydrogens is 400 g/mol. The van der Waals surface area contributed by atoms with Gasteiger partial charge in [0.05, 0.1) is 19.8 Å². The fourth-order valence-corrected chi connectivity index (χ4v) is 3.31. The Balaban J connectivity index is 1.63. The van der Waals surface area contributed by atoms with E-state index in [9.17, 15) is 4.79 Å². The van der Waals surface area contributed by atoms with Gasteiger partial charge in [-0.2, -0.15) is 0 Å². The number of hydrogen-bond acceptors (Lipinski definition) is 4. The van der Waals surface area contributed by atoms with Gasteiger partial charge in [0.15, 0.2) is 0 Å². The maximum atomic E-state index is 12.2. The van der Waals surface area contributed by atoms with E-state index in [-0.39, 0.29) is 12.5 Å². The first-order chi connectivity index (χ1) is 15.7. The third kappa shape index (κ3) is 11.1. The minimum atomic E-state index is -0.0920. The molecule has 176 valence electrons. The Labute approximate surface area is 193 Å². The number of unbranched alkanes of at least 4 members (excludes halogenated alkanes) is 7. The molecule has 0 heterocycles. The van der Waals surface area contributed by atoms with Gasteiger partial charge in [-0.05, 0) is 61.4 Å². The van der Waals surface area contributed by atoms with Gasteiger partial charge in [-0.1, -0.05) is 58.8 Å². The summed E-state index contributed by atoms with van der Waals surface area (Å²) in [5.41, 5.74) is 1.65. The highest BCUT2D eigenvalue weighted by Crippen LogP contribution is 2.18. The molecule has 2 rings (SSSR count). The lowest BCUT2D eigenvalue weighted by Gasteiger charge is -2.10. The van der Waals surface area contributed by atoms with E-state index in [0.29, 0.717) is 0 Å². The summed E-state index contributed by atoms with van der Waals surface area (Å²) < 4.78 is 11.5. The molecule has 2 aromatic carbocycles. The zero-order chi connectivity index (χ0) is 22.9. The molecule has 0 saturated heterocycles. The van der Waals surface area contributed by atoms with Crippen LogP contribution in [0.25, 0.3) is 0 Å². The van der Waals surface area contributed by atoms with E-state index in [4.69, 9.17) is 9.47 Å². The molecule has 0 saturated carbocycles. The highest BCUT2D eigenvalue weighted by molar-refractivity contribution is 5.93. The first kappa shape index (κ1) is 25.6. The molecule has 0 unspecified atom stereocenters. The van der Waals surface area contributed by atoms with Crippen molar-refractivity contribution in [3.05, 3.63) is 48.5 Å². The van der Waals surface area contributed by atoms with Crippen molar-refractivity contribution < 1.29 is 14.3 Å². The van der Waals surface area contributed by atoms with Gasteiger partial charge in [0.1, 0.15) is 11.5 Å². The second-order valence-corrected chi connectivity index (χ2v) is 8.12. The van der Waals surface area contributed by atoms with Crippen LogP contribution in [0, 0.1) is 0 Å². The van der Waals surface area contributed by atoms with E-state index in [0.717, 1.165) is 48.9 Å². The number of nitrogens with one attached hydrogen (secondary N) is 2. The van der Waals surface area contributed by atoms with Crippen LogP contribution in [-0.2, 0) is 4.79 Å². The minimum Gasteiger partial charge on any atom is -0.494 e. The van der Waals surface area contributed by atoms with Gasteiger partial charge in [-0.15, -0.1) is 0 Å². The molecular formula is C27H40N2O3. The van der Waals surface area contributed by atoms with E-state index >= 15 is 0 Å². The number of ether oxygens (including phenoxy) is 2. The number of carbonyl (C=O) groups excluding carboxylic acids is 1. The van der Waals surface area contributed by atoms with Crippen LogP contribution < -0.4 is 20.1 Å². The van der Waals surface area contributed by atoms with Crippen molar-refractivity contribution in [1.82, 2.24) is 0 Å². The number of carbonyl (C=O) groups is 1. The summed E-state index contributed by atoms with van der Waals surface area (Å²) in [6.45, 7) is 6.11. The topological polar surface area (TPSA) is 59.6 Å². The molecule has 32 heavy (non-hydrogen) atoms. The molecule has 0 aliphatic heterocycles. The summed E-state index contributed by atoms with van der Waals surface area (Å²) in [6, 6.07) is 15.3. The fourth-order valence-electron chi connectivity index (χ4n) is 3.31. The molecule has 2 aromatic rings. The maximum Gasteiger partial charge on any atom is 0.243 e. The van der Waals surface area contributed by atoms with Gasteiger partial charge in [0.2, 0.25) is 5.91 Å². The predicted molar refractivity (Wildman–Crippen MR) is 134 cm³/mol. The monoisotopic (exact) mass is 440 g/mol. The summed E-state index contributed by atoms with van der Waals surface area (Å²) in [5.74, 6) is 1.61. The Kier molecular flexibility index (Phi) is 12.8. The lowest BCUT2D eigenvalue weighted by molar-refractivity contribution is -0.114. The predicted octanol–water partition coefficient (Wildman–Crippen LogP) is 7.05. The molecule has 0 aliphatic rings. The van der Waals surface area contributed by atoms with Crippen LogP contribution >= 0.6 is 0 Å². The lowest BCUT2D eigenvalue weighted by Crippen LogP contribution is -2.21. The Morgan fingerprint density at radius 3 is 1.66 bits per heavy atom. The number of hydrogen-bond donors (Lipinski definition) is 2. The number of amides is 1. The van der Waals surface area contributed by atoms with Gasteiger partial charge < -0.3 is 20.1 Å². The first-order valence-electron chi connectivity index (χ1n) is 12.2. The van der Waals surface area contributed by atoms with Gasteiger partial charge in [0.25, 0.3) is 0 Å². The molecule has 0 aromatic heterocycles. The van der Waals surface area contributed by atoms with Crippen molar-refractivity contribution in [3.8, 4) is 11.5 Å². The second kappa shape index (κ2) is 16.0. The molecule has 0 spiro atoms. The molecule has 1 amide bonds. The van der Waals surface area contributed by atoms with E-state index in [1.807, 2.05) is 48.5 Å². The Morgan fingerprint density at radius 2 is 1.12 bits per heavy atom. The first-order valence-corrected chi connectivity index (χ1v) is 12.2. The Bertz CT molecular complexity index is 745. The van der Waals surface area contributed by atoms with Gasteiger partial charge in [-0.25, -0.2) is 0 Å². The van der Waals surface area contributed by atoms with E-state index < -0.39 is 0 Å². The van der Waals surface area contributed by atoms with Crippen LogP contribution in [-0.4, -0.2) is 25.7 Å². The van der Waals surface area contributed by atoms with Gasteiger partial charge >= 0.3 is 0 Å². The van der Waals surface area contributed by atoms with E-state index in [1.54, 1.807) is 0 Å². The molecule has 0 fully saturated rings. The summed E-state index contributed by atoms with van der Waals surface area (Å²) in [5, 5.41) is 6.05. The molecule has 0 atom stereocenters. The number of rotatable bonds is 17. The van der Waals surface area contributed by atoms with Crippen LogP contribution in [0.5, 0.6) is 11.5 Å². The van der Waals surface area contributed by atoms with Gasteiger partial charge in [0, 0.05) is 11.4 Å². The van der Waals surface area contributed by atoms with Crippen molar-refractivity contribution >= 4 is 17.3 Å². The molecule has 0 radical (unpaired) electrons. The van der Waals surface area contributed by atoms with Crippen LogP contribution in [0.2, 0.25) is 0 Å². The van der Waals surface area contributed by atoms with Crippen molar-refractivity contribution in [3.63, 3.8) is 0 Å². The highest BCUT2D eigenvalue weighted by Gasteiger charge is 2.04. The SMILES string of the molecule is CCCCCCCOc1ccc(NCC(=O)Nc2ccc(OCCCCCC)cc2)cc1. The molecule has 0 bridgehead atoms. The van der Waals surface area contributed by atoms with Crippen molar-refractivity contribution in [2.45, 2.75) is 71.6 Å². The largest absolute Gasteiger partial charge is 0.494 e. The van der Waals surface area contributed by atoms with Crippen molar-refractivity contribution in [1.29, 1.82) is 0 Å². The maximum absolute atomic E-state index is 12.2. The Hall–Kier alpha value is -2.69. The molecule has 2 N–H and O–H groups in total. The third-order valence-electron chi connectivity index (χ3n) is 5.23. The van der Waals surface area contributed by atoms with Crippen LogP contribution in [0.3, 0.4) is 0 Å². The Morgan fingerprint density at radius 1 is 0.656 bits per heavy atom. The number of benzene rings is 2. The average Bonchev–Trinajstić information content (AvgIpc) is 2.82. The third-order valence-corrected chi connectivity index (χ3v) is 5.23. The van der Waals surface area contributed by atoms with E-state index in [1.165, 1.54) is 44.9 Å². The van der Waals surface area contributed by atoms with E-state index in [2.05, 4.69) is 24.5 Å². The summed E-state index contributed by atoms with van der Waals surface area (Å²) in [7, 11) is 0. The minimum absolute atomic E-state index is 0.0920. The standard InChI is InChI=1S/C27H40N2O3/c1-3-5-7-9-11-21-32-25-16-12-23(13-17-25)28-22-27(30)29-24-14-18-26(19-15-24)31-20-10-8-6-4-2/h12-19,28H,3-11,20-22H2,1-2H3,(H,29,30). The second-order valence-electron chi connectivity index (χ2n) is 8.12. The zero-order valence-electron chi connectivity index (χ0n) is 19.8. The molecule has 5 nitrogen and oxygen atoms in total. The van der Waals surface area contributed by atoms with Crippen LogP contribution in [0.15, 0.2) is 48.5 Å².